The molecule has 0 spiro atoms. The summed E-state index contributed by atoms with van der Waals surface area (Å²) >= 11 is 0. The highest BCUT2D eigenvalue weighted by Crippen LogP contribution is 2.33. The molecular weight excluding hydrogens is 218 g/mol. The Morgan fingerprint density at radius 2 is 1.67 bits per heavy atom. The van der Waals surface area contributed by atoms with Crippen molar-refractivity contribution in [3.05, 3.63) is 46.8 Å². The van der Waals surface area contributed by atoms with Crippen molar-refractivity contribution < 1.29 is 0 Å². The van der Waals surface area contributed by atoms with Gasteiger partial charge in [-0.1, -0.05) is 35.7 Å². The molecule has 0 nitrogen and oxygen atoms in total. The van der Waals surface area contributed by atoms with Crippen LogP contribution in [0.1, 0.15) is 25.3 Å². The second-order valence-electron chi connectivity index (χ2n) is 4.00. The molecule has 0 fully saturated rings. The largest absolute Gasteiger partial charge is 0.110 e. The highest BCUT2D eigenvalue weighted by Gasteiger charge is 2.09. The second kappa shape index (κ2) is 4.60. The summed E-state index contributed by atoms with van der Waals surface area (Å²) in [7, 11) is 5.54. The molecule has 1 aliphatic rings. The van der Waals surface area contributed by atoms with Crippen LogP contribution in [0.3, 0.4) is 0 Å². The van der Waals surface area contributed by atoms with Crippen LogP contribution in [0.25, 0.3) is 5.57 Å². The predicted octanol–water partition coefficient (Wildman–Crippen LogP) is 3.51. The lowest BCUT2D eigenvalue weighted by atomic mass is 9.92. The third-order valence-corrected chi connectivity index (χ3v) is 3.64. The van der Waals surface area contributed by atoms with Gasteiger partial charge in [0.1, 0.15) is 0 Å². The van der Waals surface area contributed by atoms with Crippen molar-refractivity contribution in [3.8, 4) is 0 Å². The average Bonchev–Trinajstić information content (AvgIpc) is 2.20. The molecule has 2 atom stereocenters. The number of hydrogen-bond acceptors (Lipinski definition) is 0. The van der Waals surface area contributed by atoms with Gasteiger partial charge in [0.15, 0.2) is 0 Å². The van der Waals surface area contributed by atoms with Crippen molar-refractivity contribution in [2.24, 2.45) is 0 Å². The molecule has 0 amide bonds. The topological polar surface area (TPSA) is 0 Å². The summed E-state index contributed by atoms with van der Waals surface area (Å²) in [5.41, 5.74) is 4.27. The Balaban J connectivity index is 2.39. The van der Waals surface area contributed by atoms with Crippen LogP contribution in [0, 0.1) is 0 Å². The summed E-state index contributed by atoms with van der Waals surface area (Å²) in [6, 6.07) is 8.73. The van der Waals surface area contributed by atoms with E-state index < -0.39 is 0 Å². The van der Waals surface area contributed by atoms with Crippen molar-refractivity contribution in [2.45, 2.75) is 19.8 Å². The number of allylic oxidation sites excluding steroid dienone is 4. The molecule has 78 valence electrons. The Bertz CT molecular complexity index is 424. The van der Waals surface area contributed by atoms with Crippen LogP contribution in [-0.2, 0) is 0 Å². The quantitative estimate of drug-likeness (QED) is 0.652. The van der Waals surface area contributed by atoms with E-state index >= 15 is 0 Å². The van der Waals surface area contributed by atoms with Gasteiger partial charge in [0.05, 0.1) is 0 Å². The van der Waals surface area contributed by atoms with Crippen molar-refractivity contribution >= 4 is 29.4 Å². The van der Waals surface area contributed by atoms with Crippen molar-refractivity contribution in [1.29, 1.82) is 0 Å². The van der Waals surface area contributed by atoms with Gasteiger partial charge in [0, 0.05) is 0 Å². The van der Waals surface area contributed by atoms with Gasteiger partial charge in [0.2, 0.25) is 0 Å². The van der Waals surface area contributed by atoms with Crippen molar-refractivity contribution in [3.63, 3.8) is 0 Å². The highest BCUT2D eigenvalue weighted by molar-refractivity contribution is 7.27. The maximum Gasteiger partial charge on any atom is -0.0221 e. The van der Waals surface area contributed by atoms with Crippen molar-refractivity contribution in [1.82, 2.24) is 0 Å². The van der Waals surface area contributed by atoms with Gasteiger partial charge in [-0.05, 0) is 41.8 Å². The zero-order chi connectivity index (χ0) is 10.8. The SMILES string of the molecule is CC1=C(c2ccc(P)cc2)CCC(P)=C1. The van der Waals surface area contributed by atoms with Gasteiger partial charge >= 0.3 is 0 Å². The molecule has 2 rings (SSSR count). The van der Waals surface area contributed by atoms with Gasteiger partial charge in [-0.2, -0.15) is 0 Å². The van der Waals surface area contributed by atoms with Gasteiger partial charge < -0.3 is 0 Å². The summed E-state index contributed by atoms with van der Waals surface area (Å²) < 4.78 is 0. The lowest BCUT2D eigenvalue weighted by Gasteiger charge is -2.16. The van der Waals surface area contributed by atoms with Crippen LogP contribution in [0.15, 0.2) is 41.2 Å². The van der Waals surface area contributed by atoms with E-state index in [1.165, 1.54) is 33.7 Å². The molecule has 0 N–H and O–H groups in total. The average molecular weight is 234 g/mol. The summed E-state index contributed by atoms with van der Waals surface area (Å²) in [6.45, 7) is 2.20. The third kappa shape index (κ3) is 2.57. The number of rotatable bonds is 1. The van der Waals surface area contributed by atoms with Crippen LogP contribution < -0.4 is 5.30 Å². The van der Waals surface area contributed by atoms with E-state index in [4.69, 9.17) is 0 Å². The van der Waals surface area contributed by atoms with Gasteiger partial charge in [0.25, 0.3) is 0 Å². The molecule has 2 unspecified atom stereocenters. The molecule has 1 aliphatic carbocycles. The second-order valence-corrected chi connectivity index (χ2v) is 5.41. The molecule has 0 saturated heterocycles. The third-order valence-electron chi connectivity index (χ3n) is 2.80. The molecule has 0 aromatic heterocycles. The van der Waals surface area contributed by atoms with Crippen LogP contribution in [0.5, 0.6) is 0 Å². The molecule has 2 heteroatoms. The fourth-order valence-corrected chi connectivity index (χ4v) is 2.55. The Morgan fingerprint density at radius 1 is 1.00 bits per heavy atom. The first-order valence-electron chi connectivity index (χ1n) is 5.18. The standard InChI is InChI=1S/C13H16P2/c1-9-8-12(15)6-7-13(9)10-2-4-11(14)5-3-10/h2-5,8H,6-7,14-15H2,1H3. The Labute approximate surface area is 96.3 Å². The zero-order valence-electron chi connectivity index (χ0n) is 8.96. The first-order chi connectivity index (χ1) is 7.16. The fraction of sp³-hybridized carbons (Fsp3) is 0.231. The monoisotopic (exact) mass is 234 g/mol. The fourth-order valence-electron chi connectivity index (χ4n) is 1.96. The van der Waals surface area contributed by atoms with E-state index in [0.717, 1.165) is 6.42 Å². The summed E-state index contributed by atoms with van der Waals surface area (Å²) in [4.78, 5) is 0. The van der Waals surface area contributed by atoms with Gasteiger partial charge in [-0.15, -0.1) is 18.5 Å². The van der Waals surface area contributed by atoms with E-state index in [9.17, 15) is 0 Å². The van der Waals surface area contributed by atoms with Gasteiger partial charge in [-0.25, -0.2) is 0 Å². The first kappa shape index (κ1) is 11.1. The molecular formula is C13H16P2. The van der Waals surface area contributed by atoms with Crippen LogP contribution in [0.4, 0.5) is 0 Å². The minimum absolute atomic E-state index is 1.16. The normalized spacial score (nSPS) is 16.6. The number of hydrogen-bond donors (Lipinski definition) is 0. The summed E-state index contributed by atoms with van der Waals surface area (Å²) in [5, 5.41) is 2.66. The highest BCUT2D eigenvalue weighted by atomic mass is 31.0. The van der Waals surface area contributed by atoms with Crippen LogP contribution in [-0.4, -0.2) is 0 Å². The number of benzene rings is 1. The molecule has 0 radical (unpaired) electrons. The Hall–Kier alpha value is -0.440. The smallest absolute Gasteiger partial charge is 0.0221 e. The summed E-state index contributed by atoms with van der Waals surface area (Å²) in [5.74, 6) is 0. The first-order valence-corrected chi connectivity index (χ1v) is 6.34. The Morgan fingerprint density at radius 3 is 2.27 bits per heavy atom. The maximum atomic E-state index is 2.81. The Kier molecular flexibility index (Phi) is 3.39. The minimum atomic E-state index is 1.16. The zero-order valence-corrected chi connectivity index (χ0v) is 11.3. The van der Waals surface area contributed by atoms with Crippen LogP contribution >= 0.6 is 18.5 Å². The van der Waals surface area contributed by atoms with E-state index in [-0.39, 0.29) is 0 Å². The van der Waals surface area contributed by atoms with Crippen molar-refractivity contribution in [2.75, 3.05) is 0 Å². The maximum absolute atomic E-state index is 2.81. The molecule has 15 heavy (non-hydrogen) atoms. The molecule has 0 saturated carbocycles. The molecule has 0 bridgehead atoms. The van der Waals surface area contributed by atoms with E-state index in [0.29, 0.717) is 0 Å². The molecule has 1 aromatic rings. The molecule has 0 aliphatic heterocycles. The van der Waals surface area contributed by atoms with E-state index in [1.54, 1.807) is 0 Å². The van der Waals surface area contributed by atoms with E-state index in [1.807, 2.05) is 0 Å². The van der Waals surface area contributed by atoms with E-state index in [2.05, 4.69) is 55.7 Å². The molecule has 1 aromatic carbocycles. The molecule has 0 heterocycles. The van der Waals surface area contributed by atoms with Gasteiger partial charge in [-0.3, -0.25) is 0 Å². The van der Waals surface area contributed by atoms with Crippen LogP contribution in [0.2, 0.25) is 0 Å². The minimum Gasteiger partial charge on any atom is -0.110 e. The summed E-state index contributed by atoms with van der Waals surface area (Å²) in [6.07, 6.45) is 4.61. The predicted molar refractivity (Wildman–Crippen MR) is 75.4 cm³/mol. The lowest BCUT2D eigenvalue weighted by Crippen LogP contribution is -1.96. The lowest BCUT2D eigenvalue weighted by molar-refractivity contribution is 1.02.